The Morgan fingerprint density at radius 2 is 1.88 bits per heavy atom. The molecule has 2 aliphatic heterocycles. The molecule has 50 heavy (non-hydrogen) atoms. The molecule has 1 saturated heterocycles. The zero-order valence-corrected chi connectivity index (χ0v) is 28.6. The van der Waals surface area contributed by atoms with E-state index in [9.17, 15) is 27.9 Å². The van der Waals surface area contributed by atoms with Crippen molar-refractivity contribution in [3.8, 4) is 11.5 Å². The summed E-state index contributed by atoms with van der Waals surface area (Å²) in [6.45, 7) is 7.35. The molecule has 5 atom stereocenters. The number of phenolic OH excluding ortho intramolecular Hbond substituents is 1. The minimum Gasteiger partial charge on any atom is -0.504 e. The molecule has 0 aromatic heterocycles. The van der Waals surface area contributed by atoms with Gasteiger partial charge in [-0.1, -0.05) is 62.4 Å². The van der Waals surface area contributed by atoms with Gasteiger partial charge >= 0.3 is 12.1 Å². The molecule has 1 N–H and O–H groups in total. The van der Waals surface area contributed by atoms with Crippen molar-refractivity contribution in [2.75, 3.05) is 19.6 Å². The van der Waals surface area contributed by atoms with E-state index >= 15 is 0 Å². The van der Waals surface area contributed by atoms with Crippen molar-refractivity contribution in [2.45, 2.75) is 88.3 Å². The number of hydrogen-bond acceptors (Lipinski definition) is 6. The molecule has 264 valence electrons. The van der Waals surface area contributed by atoms with Crippen molar-refractivity contribution in [1.29, 1.82) is 0 Å². The van der Waals surface area contributed by atoms with Crippen LogP contribution >= 0.6 is 0 Å². The lowest BCUT2D eigenvalue weighted by atomic mass is 9.48. The van der Waals surface area contributed by atoms with E-state index in [0.717, 1.165) is 42.8 Å². The summed E-state index contributed by atoms with van der Waals surface area (Å²) in [5, 5.41) is 11.2. The highest BCUT2D eigenvalue weighted by Gasteiger charge is 2.75. The summed E-state index contributed by atoms with van der Waals surface area (Å²) in [5.74, 6) is -0.241. The van der Waals surface area contributed by atoms with E-state index in [1.165, 1.54) is 36.8 Å². The van der Waals surface area contributed by atoms with Gasteiger partial charge in [0.25, 0.3) is 0 Å². The van der Waals surface area contributed by atoms with Gasteiger partial charge in [-0.05, 0) is 85.5 Å². The number of piperidine rings is 1. The van der Waals surface area contributed by atoms with Gasteiger partial charge in [0.15, 0.2) is 11.5 Å². The minimum atomic E-state index is -4.50. The molecule has 2 bridgehead atoms. The Kier molecular flexibility index (Phi) is 8.73. The van der Waals surface area contributed by atoms with Crippen LogP contribution in [0.4, 0.5) is 13.2 Å². The van der Waals surface area contributed by atoms with E-state index in [0.29, 0.717) is 38.0 Å². The highest BCUT2D eigenvalue weighted by molar-refractivity contribution is 5.92. The fourth-order valence-corrected chi connectivity index (χ4v) is 9.41. The molecule has 4 aliphatic rings. The third-order valence-corrected chi connectivity index (χ3v) is 11.2. The first-order valence-electron chi connectivity index (χ1n) is 17.5. The zero-order chi connectivity index (χ0) is 35.4. The summed E-state index contributed by atoms with van der Waals surface area (Å²) in [7, 11) is 0. The van der Waals surface area contributed by atoms with Gasteiger partial charge < -0.3 is 19.5 Å². The van der Waals surface area contributed by atoms with E-state index in [-0.39, 0.29) is 35.1 Å². The number of alkyl halides is 3. The summed E-state index contributed by atoms with van der Waals surface area (Å²) in [6, 6.07) is 18.2. The number of halogens is 3. The highest BCUT2D eigenvalue weighted by atomic mass is 19.4. The molecule has 2 fully saturated rings. The van der Waals surface area contributed by atoms with Crippen molar-refractivity contribution in [3.63, 3.8) is 0 Å². The number of phenols is 1. The average Bonchev–Trinajstić information content (AvgIpc) is 3.43. The number of carbonyl (C=O) groups excluding carboxylic acids is 2. The molecule has 0 unspecified atom stereocenters. The molecule has 0 radical (unpaired) electrons. The molecule has 2 aliphatic carbocycles. The Bertz CT molecular complexity index is 1810. The van der Waals surface area contributed by atoms with Gasteiger partial charge in [-0.3, -0.25) is 14.5 Å². The van der Waals surface area contributed by atoms with Crippen LogP contribution in [-0.2, 0) is 38.8 Å². The normalized spacial score (nSPS) is 26.8. The molecule has 1 amide bonds. The number of rotatable bonds is 9. The number of likely N-dealkylation sites (tertiary alicyclic amines) is 1. The predicted octanol–water partition coefficient (Wildman–Crippen LogP) is 6.95. The van der Waals surface area contributed by atoms with Crippen molar-refractivity contribution in [3.05, 3.63) is 101 Å². The lowest BCUT2D eigenvalue weighted by Gasteiger charge is -2.65. The van der Waals surface area contributed by atoms with Crippen LogP contribution in [0.5, 0.6) is 11.5 Å². The van der Waals surface area contributed by atoms with E-state index in [2.05, 4.69) is 17.0 Å². The van der Waals surface area contributed by atoms with Gasteiger partial charge in [-0.2, -0.15) is 13.2 Å². The van der Waals surface area contributed by atoms with Crippen molar-refractivity contribution < 1.29 is 37.3 Å². The van der Waals surface area contributed by atoms with Crippen molar-refractivity contribution in [2.24, 2.45) is 5.92 Å². The Balaban J connectivity index is 1.28. The number of ether oxygens (including phenoxy) is 2. The zero-order valence-electron chi connectivity index (χ0n) is 28.6. The summed E-state index contributed by atoms with van der Waals surface area (Å²) < 4.78 is 53.6. The van der Waals surface area contributed by atoms with Crippen molar-refractivity contribution >= 4 is 18.0 Å². The first kappa shape index (κ1) is 34.2. The monoisotopic (exact) mass is 688 g/mol. The molecule has 2 heterocycles. The van der Waals surface area contributed by atoms with Crippen LogP contribution in [0.15, 0.2) is 72.8 Å². The van der Waals surface area contributed by atoms with Gasteiger partial charge in [-0.25, -0.2) is 0 Å². The second kappa shape index (κ2) is 12.8. The van der Waals surface area contributed by atoms with Crippen LogP contribution in [0.1, 0.15) is 67.9 Å². The molecule has 3 aromatic carbocycles. The summed E-state index contributed by atoms with van der Waals surface area (Å²) in [5.41, 5.74) is 0.858. The van der Waals surface area contributed by atoms with Gasteiger partial charge in [0.2, 0.25) is 5.91 Å². The first-order valence-corrected chi connectivity index (χ1v) is 17.5. The van der Waals surface area contributed by atoms with Crippen LogP contribution in [0.3, 0.4) is 0 Å². The lowest BCUT2D eigenvalue weighted by Crippen LogP contribution is -2.79. The number of esters is 1. The number of nitrogens with zero attached hydrogens (tertiary/aromatic N) is 2. The number of hydrogen-bond donors (Lipinski definition) is 1. The largest absolute Gasteiger partial charge is 0.504 e. The Morgan fingerprint density at radius 1 is 1.10 bits per heavy atom. The quantitative estimate of drug-likeness (QED) is 0.194. The van der Waals surface area contributed by atoms with Gasteiger partial charge in [0.05, 0.1) is 23.1 Å². The topological polar surface area (TPSA) is 79.3 Å². The number of benzene rings is 3. The maximum absolute atomic E-state index is 14.1. The predicted molar refractivity (Wildman–Crippen MR) is 183 cm³/mol. The van der Waals surface area contributed by atoms with E-state index in [1.807, 2.05) is 38.1 Å². The van der Waals surface area contributed by atoms with Crippen LogP contribution in [0, 0.1) is 5.92 Å². The smallest absolute Gasteiger partial charge is 0.416 e. The highest BCUT2D eigenvalue weighted by Crippen LogP contribution is 2.67. The Morgan fingerprint density at radius 3 is 2.60 bits per heavy atom. The molecule has 10 heteroatoms. The molecule has 3 aromatic rings. The number of aromatic hydroxyl groups is 1. The van der Waals surface area contributed by atoms with Gasteiger partial charge in [0.1, 0.15) is 11.7 Å². The number of carbonyl (C=O) groups is 2. The Hall–Kier alpha value is -4.31. The third kappa shape index (κ3) is 5.65. The number of amides is 1. The van der Waals surface area contributed by atoms with E-state index in [4.69, 9.17) is 9.47 Å². The SMILES string of the molecule is CC(=O)O[C@@]12CC[C@H](N(CC(C)C)C(=O)C=Cc3cccc(C(F)(F)F)c3)[C@@H]3Oc4c(O)ccc5c4[C@@]31CCN(CCc1ccccc1)[C@@H]2C5. The van der Waals surface area contributed by atoms with Gasteiger partial charge in [0, 0.05) is 31.7 Å². The van der Waals surface area contributed by atoms with Crippen LogP contribution in [-0.4, -0.2) is 70.2 Å². The molecular weight excluding hydrogens is 645 g/mol. The summed E-state index contributed by atoms with van der Waals surface area (Å²) in [6.07, 6.45) is 0.658. The minimum absolute atomic E-state index is 0.0131. The van der Waals surface area contributed by atoms with Crippen LogP contribution in [0.25, 0.3) is 6.08 Å². The first-order chi connectivity index (χ1) is 23.8. The average molecular weight is 689 g/mol. The van der Waals surface area contributed by atoms with Gasteiger partial charge in [-0.15, -0.1) is 0 Å². The van der Waals surface area contributed by atoms with Crippen LogP contribution in [0.2, 0.25) is 0 Å². The molecular formula is C40H43F3N2O5. The molecule has 7 nitrogen and oxygen atoms in total. The van der Waals surface area contributed by atoms with Crippen molar-refractivity contribution in [1.82, 2.24) is 9.80 Å². The molecule has 7 rings (SSSR count). The maximum Gasteiger partial charge on any atom is 0.416 e. The van der Waals surface area contributed by atoms with Crippen LogP contribution < -0.4 is 4.74 Å². The fourth-order valence-electron chi connectivity index (χ4n) is 9.41. The molecule has 1 spiro atoms. The lowest BCUT2D eigenvalue weighted by molar-refractivity contribution is -0.224. The second-order valence-corrected chi connectivity index (χ2v) is 14.6. The standard InChI is InChI=1S/C40H43F3N2O5/c1-25(2)24-45(34(48)15-12-28-10-7-11-30(22-28)40(41,42)43)31-16-18-39(50-26(3)46)33-23-29-13-14-32(47)36-35(29)38(39,37(31)49-36)19-21-44(33)20-17-27-8-5-4-6-9-27/h4-15,22,25,31,33,37,47H,16-21,23-24H2,1-3H3/t31-,33+,37-,38-,39+/m0/s1. The van der Waals surface area contributed by atoms with E-state index < -0.39 is 34.9 Å². The second-order valence-electron chi connectivity index (χ2n) is 14.6. The maximum atomic E-state index is 14.1. The summed E-state index contributed by atoms with van der Waals surface area (Å²) >= 11 is 0. The third-order valence-electron chi connectivity index (χ3n) is 11.2. The fraction of sp³-hybridized carbons (Fsp3) is 0.450. The Labute approximate surface area is 290 Å². The summed E-state index contributed by atoms with van der Waals surface area (Å²) in [4.78, 5) is 31.4. The molecule has 1 saturated carbocycles. The van der Waals surface area contributed by atoms with E-state index in [1.54, 1.807) is 11.0 Å².